The number of hydrogen-bond acceptors (Lipinski definition) is 2. The Bertz CT molecular complexity index is 623. The van der Waals surface area contributed by atoms with Gasteiger partial charge in [0.15, 0.2) is 0 Å². The monoisotopic (exact) mass is 348 g/mol. The van der Waals surface area contributed by atoms with E-state index in [0.29, 0.717) is 0 Å². The molecule has 2 aliphatic rings. The summed E-state index contributed by atoms with van der Waals surface area (Å²) in [6.07, 6.45) is 15.3. The van der Waals surface area contributed by atoms with Crippen LogP contribution in [0.5, 0.6) is 0 Å². The van der Waals surface area contributed by atoms with Crippen molar-refractivity contribution in [1.82, 2.24) is 0 Å². The number of rotatable bonds is 1. The molecule has 0 N–H and O–H groups in total. The van der Waals surface area contributed by atoms with Crippen LogP contribution in [0.4, 0.5) is 5.69 Å². The van der Waals surface area contributed by atoms with Gasteiger partial charge in [0, 0.05) is 24.0 Å². The second kappa shape index (κ2) is 12.8. The number of hydrogen-bond donors (Lipinski definition) is 0. The third-order valence-electron chi connectivity index (χ3n) is 4.50. The third-order valence-corrected chi connectivity index (χ3v) is 4.50. The zero-order valence-corrected chi connectivity index (χ0v) is 16.4. The van der Waals surface area contributed by atoms with Gasteiger partial charge in [-0.05, 0) is 19.4 Å². The summed E-state index contributed by atoms with van der Waals surface area (Å²) in [6.45, 7) is 4.29. The third kappa shape index (κ3) is 6.76. The molecule has 1 aliphatic carbocycles. The normalized spacial score (nSPS) is 16.6. The molecule has 1 atom stereocenters. The van der Waals surface area contributed by atoms with E-state index < -0.39 is 0 Å². The van der Waals surface area contributed by atoms with Crippen LogP contribution in [0.3, 0.4) is 0 Å². The van der Waals surface area contributed by atoms with E-state index in [1.807, 2.05) is 36.4 Å². The molecule has 0 saturated heterocycles. The SMILES string of the molecule is C#C.C1CCC1.CCC1=N[C@@H](C)N(C)c2ccccc21.c1ccccc1. The topological polar surface area (TPSA) is 15.6 Å². The van der Waals surface area contributed by atoms with Gasteiger partial charge in [-0.1, -0.05) is 87.2 Å². The zero-order valence-electron chi connectivity index (χ0n) is 16.4. The number of terminal acetylenes is 1. The molecule has 26 heavy (non-hydrogen) atoms. The van der Waals surface area contributed by atoms with Gasteiger partial charge in [0.1, 0.15) is 6.17 Å². The van der Waals surface area contributed by atoms with Gasteiger partial charge < -0.3 is 4.90 Å². The van der Waals surface area contributed by atoms with Crippen LogP contribution in [0.15, 0.2) is 65.7 Å². The van der Waals surface area contributed by atoms with Crippen molar-refractivity contribution >= 4 is 11.4 Å². The van der Waals surface area contributed by atoms with Crippen molar-refractivity contribution in [1.29, 1.82) is 0 Å². The average Bonchev–Trinajstić information content (AvgIpc) is 2.67. The van der Waals surface area contributed by atoms with Crippen molar-refractivity contribution in [3.8, 4) is 12.8 Å². The number of anilines is 1. The highest BCUT2D eigenvalue weighted by molar-refractivity contribution is 6.06. The fourth-order valence-corrected chi connectivity index (χ4v) is 2.52. The largest absolute Gasteiger partial charge is 0.352 e. The van der Waals surface area contributed by atoms with E-state index in [2.05, 4.69) is 67.9 Å². The molecule has 2 aromatic carbocycles. The molecule has 4 rings (SSSR count). The maximum atomic E-state index is 4.67. The number of fused-ring (bicyclic) bond motifs is 1. The van der Waals surface area contributed by atoms with Crippen LogP contribution in [0.2, 0.25) is 0 Å². The molecule has 2 nitrogen and oxygen atoms in total. The quantitative estimate of drug-likeness (QED) is 0.562. The molecule has 1 saturated carbocycles. The van der Waals surface area contributed by atoms with E-state index in [4.69, 9.17) is 0 Å². The Morgan fingerprint density at radius 2 is 1.35 bits per heavy atom. The number of para-hydroxylation sites is 1. The minimum Gasteiger partial charge on any atom is -0.352 e. The van der Waals surface area contributed by atoms with Gasteiger partial charge in [0.05, 0.1) is 0 Å². The Kier molecular flexibility index (Phi) is 10.6. The predicted molar refractivity (Wildman–Crippen MR) is 116 cm³/mol. The summed E-state index contributed by atoms with van der Waals surface area (Å²) < 4.78 is 0. The van der Waals surface area contributed by atoms with Crippen molar-refractivity contribution in [2.24, 2.45) is 4.99 Å². The van der Waals surface area contributed by atoms with Gasteiger partial charge in [-0.2, -0.15) is 0 Å². The predicted octanol–water partition coefficient (Wildman–Crippen LogP) is 6.18. The lowest BCUT2D eigenvalue weighted by atomic mass is 10.0. The summed E-state index contributed by atoms with van der Waals surface area (Å²) in [6, 6.07) is 20.5. The first-order valence-corrected chi connectivity index (χ1v) is 9.46. The maximum absolute atomic E-state index is 4.67. The van der Waals surface area contributed by atoms with Gasteiger partial charge in [0.2, 0.25) is 0 Å². The molecule has 0 bridgehead atoms. The zero-order chi connectivity index (χ0) is 19.2. The van der Waals surface area contributed by atoms with Crippen LogP contribution in [-0.2, 0) is 0 Å². The summed E-state index contributed by atoms with van der Waals surface area (Å²) >= 11 is 0. The molecule has 138 valence electrons. The van der Waals surface area contributed by atoms with Crippen LogP contribution in [0.1, 0.15) is 51.5 Å². The number of aliphatic imine (C=N–C) groups is 1. The Labute approximate surface area is 160 Å². The van der Waals surface area contributed by atoms with E-state index in [1.54, 1.807) is 0 Å². The molecule has 2 heteroatoms. The molecule has 0 aromatic heterocycles. The van der Waals surface area contributed by atoms with Gasteiger partial charge in [0.25, 0.3) is 0 Å². The summed E-state index contributed by atoms with van der Waals surface area (Å²) in [5.74, 6) is 0. The maximum Gasteiger partial charge on any atom is 0.118 e. The highest BCUT2D eigenvalue weighted by atomic mass is 15.2. The molecular weight excluding hydrogens is 316 g/mol. The Balaban J connectivity index is 0.000000231. The van der Waals surface area contributed by atoms with E-state index in [0.717, 1.165) is 6.42 Å². The van der Waals surface area contributed by atoms with E-state index in [-0.39, 0.29) is 6.17 Å². The van der Waals surface area contributed by atoms with Crippen LogP contribution in [0.25, 0.3) is 0 Å². The van der Waals surface area contributed by atoms with Crippen molar-refractivity contribution < 1.29 is 0 Å². The van der Waals surface area contributed by atoms with Gasteiger partial charge in [-0.25, -0.2) is 0 Å². The summed E-state index contributed by atoms with van der Waals surface area (Å²) in [5.41, 5.74) is 3.81. The molecule has 2 aromatic rings. The second-order valence-electron chi connectivity index (χ2n) is 6.26. The van der Waals surface area contributed by atoms with E-state index in [9.17, 15) is 0 Å². The molecule has 1 aliphatic heterocycles. The minimum atomic E-state index is 0.264. The van der Waals surface area contributed by atoms with E-state index >= 15 is 0 Å². The minimum absolute atomic E-state index is 0.264. The van der Waals surface area contributed by atoms with Crippen LogP contribution in [-0.4, -0.2) is 18.9 Å². The Morgan fingerprint density at radius 1 is 0.885 bits per heavy atom. The fourth-order valence-electron chi connectivity index (χ4n) is 2.52. The number of benzene rings is 2. The lowest BCUT2D eigenvalue weighted by Gasteiger charge is -2.31. The smallest absolute Gasteiger partial charge is 0.118 e. The van der Waals surface area contributed by atoms with Crippen LogP contribution < -0.4 is 4.90 Å². The summed E-state index contributed by atoms with van der Waals surface area (Å²) in [5, 5.41) is 0. The molecule has 0 spiro atoms. The molecule has 0 unspecified atom stereocenters. The first-order chi connectivity index (χ1) is 12.7. The first-order valence-electron chi connectivity index (χ1n) is 9.46. The highest BCUT2D eigenvalue weighted by Gasteiger charge is 2.20. The molecular formula is C24H32N2. The van der Waals surface area contributed by atoms with Gasteiger partial charge in [-0.3, -0.25) is 4.99 Å². The van der Waals surface area contributed by atoms with Crippen LogP contribution >= 0.6 is 0 Å². The molecule has 0 radical (unpaired) electrons. The lowest BCUT2D eigenvalue weighted by Crippen LogP contribution is -2.33. The molecule has 1 heterocycles. The lowest BCUT2D eigenvalue weighted by molar-refractivity contribution is 0.504. The van der Waals surface area contributed by atoms with Crippen molar-refractivity contribution in [2.45, 2.75) is 52.1 Å². The summed E-state index contributed by atoms with van der Waals surface area (Å²) in [7, 11) is 2.10. The second-order valence-corrected chi connectivity index (χ2v) is 6.26. The van der Waals surface area contributed by atoms with Crippen LogP contribution in [0, 0.1) is 12.8 Å². The average molecular weight is 349 g/mol. The number of nitrogens with zero attached hydrogens (tertiary/aromatic N) is 2. The van der Waals surface area contributed by atoms with Gasteiger partial charge >= 0.3 is 0 Å². The first kappa shape index (κ1) is 21.5. The standard InChI is InChI=1S/C12H16N2.C6H6.C4H8.C2H2/c1-4-11-10-7-5-6-8-12(10)14(3)9(2)13-11;1-2-4-6-5-3-1;1-2-4-3-1;1-2/h5-9H,4H2,1-3H3;1-6H;1-4H2;1-2H/t9-;;;/m1.../s1. The van der Waals surface area contributed by atoms with Gasteiger partial charge in [-0.15, -0.1) is 12.8 Å². The highest BCUT2D eigenvalue weighted by Crippen LogP contribution is 2.27. The Hall–Kier alpha value is -2.53. The molecule has 1 fully saturated rings. The molecule has 0 amide bonds. The fraction of sp³-hybridized carbons (Fsp3) is 0.375. The Morgan fingerprint density at radius 3 is 1.77 bits per heavy atom. The summed E-state index contributed by atoms with van der Waals surface area (Å²) in [4.78, 5) is 6.88. The van der Waals surface area contributed by atoms with E-state index in [1.165, 1.54) is 42.6 Å². The van der Waals surface area contributed by atoms with Crippen molar-refractivity contribution in [3.05, 3.63) is 66.2 Å². The van der Waals surface area contributed by atoms with Crippen molar-refractivity contribution in [2.75, 3.05) is 11.9 Å². The van der Waals surface area contributed by atoms with Crippen molar-refractivity contribution in [3.63, 3.8) is 0 Å².